The number of amidine groups is 1. The van der Waals surface area contributed by atoms with Gasteiger partial charge >= 0.3 is 12.2 Å². The van der Waals surface area contributed by atoms with E-state index in [2.05, 4.69) is 16.0 Å². The lowest BCUT2D eigenvalue weighted by atomic mass is 9.91. The van der Waals surface area contributed by atoms with Crippen molar-refractivity contribution in [1.29, 1.82) is 5.41 Å². The van der Waals surface area contributed by atoms with E-state index in [0.717, 1.165) is 21.7 Å². The summed E-state index contributed by atoms with van der Waals surface area (Å²) < 4.78 is 12.6. The summed E-state index contributed by atoms with van der Waals surface area (Å²) in [7, 11) is 0. The topological polar surface area (TPSA) is 178 Å². The average Bonchev–Trinajstić information content (AvgIpc) is 3.37. The van der Waals surface area contributed by atoms with Gasteiger partial charge in [-0.2, -0.15) is 0 Å². The van der Waals surface area contributed by atoms with Gasteiger partial charge in [0.2, 0.25) is 5.91 Å². The molecule has 1 saturated carbocycles. The number of aromatic nitrogens is 1. The van der Waals surface area contributed by atoms with Crippen LogP contribution in [0.2, 0.25) is 0 Å². The fourth-order valence-corrected chi connectivity index (χ4v) is 6.20. The monoisotopic (exact) mass is 682 g/mol. The molecule has 12 nitrogen and oxygen atoms in total. The Morgan fingerprint density at radius 3 is 2.04 bits per heavy atom. The van der Waals surface area contributed by atoms with Gasteiger partial charge in [0.1, 0.15) is 22.7 Å². The number of fused-ring (bicyclic) bond motifs is 2. The van der Waals surface area contributed by atoms with Crippen molar-refractivity contribution in [2.45, 2.75) is 97.1 Å². The molecule has 3 aromatic carbocycles. The number of nitrogens with one attached hydrogen (secondary N) is 4. The first-order chi connectivity index (χ1) is 23.5. The summed E-state index contributed by atoms with van der Waals surface area (Å²) in [6.07, 6.45) is 1.54. The molecule has 0 atom stereocenters. The Bertz CT molecular complexity index is 1960. The lowest BCUT2D eigenvalue weighted by molar-refractivity contribution is 0.0486. The molecule has 0 aliphatic heterocycles. The van der Waals surface area contributed by atoms with Gasteiger partial charge in [0.25, 0.3) is 5.91 Å². The minimum Gasteiger partial charge on any atom is -0.444 e. The van der Waals surface area contributed by atoms with E-state index in [1.54, 1.807) is 57.2 Å². The minimum absolute atomic E-state index is 0.0432. The number of rotatable bonds is 7. The van der Waals surface area contributed by atoms with Crippen molar-refractivity contribution in [1.82, 2.24) is 20.5 Å². The first-order valence-corrected chi connectivity index (χ1v) is 16.8. The van der Waals surface area contributed by atoms with Crippen LogP contribution in [0.5, 0.6) is 0 Å². The number of amides is 4. The summed E-state index contributed by atoms with van der Waals surface area (Å²) >= 11 is 0. The largest absolute Gasteiger partial charge is 0.444 e. The van der Waals surface area contributed by atoms with Crippen LogP contribution in [0.1, 0.15) is 99.2 Å². The summed E-state index contributed by atoms with van der Waals surface area (Å²) in [5, 5.41) is 19.7. The van der Waals surface area contributed by atoms with Gasteiger partial charge in [0.15, 0.2) is 0 Å². The highest BCUT2D eigenvalue weighted by Crippen LogP contribution is 2.28. The number of hydrogen-bond donors (Lipinski definition) is 5. The fraction of sp³-hybridized carbons (Fsp3) is 0.395. The number of hydrogen-bond acceptors (Lipinski definition) is 7. The van der Waals surface area contributed by atoms with Crippen molar-refractivity contribution in [3.8, 4) is 0 Å². The smallest absolute Gasteiger partial charge is 0.413 e. The Kier molecular flexibility index (Phi) is 10.2. The van der Waals surface area contributed by atoms with Gasteiger partial charge in [-0.1, -0.05) is 36.4 Å². The van der Waals surface area contributed by atoms with Crippen LogP contribution < -0.4 is 21.7 Å². The maximum Gasteiger partial charge on any atom is 0.413 e. The van der Waals surface area contributed by atoms with Gasteiger partial charge in [-0.05, 0) is 108 Å². The van der Waals surface area contributed by atoms with Gasteiger partial charge in [-0.25, -0.2) is 9.59 Å². The number of nitrogens with zero attached hydrogens (tertiary/aromatic N) is 1. The number of carbonyl (C=O) groups excluding carboxylic acids is 4. The lowest BCUT2D eigenvalue weighted by Gasteiger charge is -2.30. The summed E-state index contributed by atoms with van der Waals surface area (Å²) in [5.41, 5.74) is 6.98. The van der Waals surface area contributed by atoms with E-state index in [4.69, 9.17) is 20.6 Å². The highest BCUT2D eigenvalue weighted by molar-refractivity contribution is 6.07. The molecule has 0 spiro atoms. The van der Waals surface area contributed by atoms with Crippen molar-refractivity contribution in [2.24, 2.45) is 5.73 Å². The third kappa shape index (κ3) is 8.99. The van der Waals surface area contributed by atoms with E-state index in [1.807, 2.05) is 49.6 Å². The highest BCUT2D eigenvalue weighted by Gasteiger charge is 2.27. The van der Waals surface area contributed by atoms with E-state index in [9.17, 15) is 19.2 Å². The van der Waals surface area contributed by atoms with Crippen LogP contribution in [-0.2, 0) is 16.0 Å². The first kappa shape index (κ1) is 35.9. The van der Waals surface area contributed by atoms with Crippen molar-refractivity contribution >= 4 is 51.5 Å². The molecule has 4 aromatic rings. The second kappa shape index (κ2) is 14.2. The van der Waals surface area contributed by atoms with Crippen molar-refractivity contribution in [3.63, 3.8) is 0 Å². The van der Waals surface area contributed by atoms with Gasteiger partial charge in [0.05, 0.1) is 0 Å². The van der Waals surface area contributed by atoms with Crippen LogP contribution in [0.3, 0.4) is 0 Å². The quantitative estimate of drug-likeness (QED) is 0.112. The third-order valence-electron chi connectivity index (χ3n) is 8.40. The standard InChI is InChI=1S/C38H46N6O6/c1-37(2,3)49-35(47)42-28-15-13-27(14-16-28)41-34(46)31-19-23-11-12-24(32(39)43-36(48)50-38(4,5)6)20-30(23)44(31)21-26-18-25(33(40)45)17-22-9-7-8-10-29(22)26/h7-12,17-20,27-28H,13-16,21H2,1-6H3,(H2,40,45)(H,41,46)(H,42,47)(H2,39,43,48)/t27-,28-. The van der Waals surface area contributed by atoms with Crippen LogP contribution >= 0.6 is 0 Å². The Labute approximate surface area is 291 Å². The second-order valence-electron chi connectivity index (χ2n) is 14.8. The Morgan fingerprint density at radius 1 is 0.780 bits per heavy atom. The second-order valence-corrected chi connectivity index (χ2v) is 14.8. The molecule has 0 radical (unpaired) electrons. The molecule has 5 rings (SSSR count). The highest BCUT2D eigenvalue weighted by atomic mass is 16.6. The SMILES string of the molecule is CC(C)(C)OC(=O)NC(=N)c1ccc2cc(C(=O)N[C@H]3CC[C@H](NC(=O)OC(C)(C)C)CC3)n(Cc3cc(C(N)=O)cc4ccccc34)c2c1. The van der Waals surface area contributed by atoms with Crippen LogP contribution in [0.25, 0.3) is 21.7 Å². The molecule has 1 aliphatic rings. The molecule has 0 unspecified atom stereocenters. The number of alkyl carbamates (subject to hydrolysis) is 2. The molecule has 0 bridgehead atoms. The predicted molar refractivity (Wildman–Crippen MR) is 193 cm³/mol. The molecule has 50 heavy (non-hydrogen) atoms. The van der Waals surface area contributed by atoms with Crippen LogP contribution in [-0.4, -0.2) is 57.7 Å². The zero-order chi connectivity index (χ0) is 36.4. The molecular formula is C38H46N6O6. The summed E-state index contributed by atoms with van der Waals surface area (Å²) in [6.45, 7) is 10.9. The molecule has 1 heterocycles. The van der Waals surface area contributed by atoms with Crippen LogP contribution in [0.15, 0.2) is 60.7 Å². The summed E-state index contributed by atoms with van der Waals surface area (Å²) in [4.78, 5) is 51.1. The van der Waals surface area contributed by atoms with E-state index < -0.39 is 29.3 Å². The van der Waals surface area contributed by atoms with Gasteiger partial charge < -0.3 is 30.4 Å². The maximum absolute atomic E-state index is 14.0. The van der Waals surface area contributed by atoms with Crippen molar-refractivity contribution < 1.29 is 28.7 Å². The van der Waals surface area contributed by atoms with E-state index in [1.165, 1.54) is 0 Å². The Morgan fingerprint density at radius 2 is 1.40 bits per heavy atom. The molecule has 1 aliphatic carbocycles. The average molecular weight is 683 g/mol. The molecule has 1 aromatic heterocycles. The number of benzene rings is 3. The maximum atomic E-state index is 14.0. The fourth-order valence-electron chi connectivity index (χ4n) is 6.20. The van der Waals surface area contributed by atoms with Crippen LogP contribution in [0.4, 0.5) is 9.59 Å². The predicted octanol–water partition coefficient (Wildman–Crippen LogP) is 6.36. The number of carbonyl (C=O) groups is 4. The van der Waals surface area contributed by atoms with Gasteiger partial charge in [0, 0.05) is 40.7 Å². The van der Waals surface area contributed by atoms with Crippen molar-refractivity contribution in [2.75, 3.05) is 0 Å². The van der Waals surface area contributed by atoms with Crippen molar-refractivity contribution in [3.05, 3.63) is 83.0 Å². The summed E-state index contributed by atoms with van der Waals surface area (Å²) in [6, 6.07) is 18.1. The molecule has 1 fully saturated rings. The first-order valence-electron chi connectivity index (χ1n) is 16.8. The van der Waals surface area contributed by atoms with E-state index in [0.29, 0.717) is 48.0 Å². The van der Waals surface area contributed by atoms with Crippen LogP contribution in [0, 0.1) is 5.41 Å². The number of ether oxygens (including phenoxy) is 2. The molecule has 6 N–H and O–H groups in total. The number of primary amides is 1. The van der Waals surface area contributed by atoms with E-state index in [-0.39, 0.29) is 30.4 Å². The Hall–Kier alpha value is -5.39. The third-order valence-corrected chi connectivity index (χ3v) is 8.40. The molecule has 264 valence electrons. The zero-order valence-corrected chi connectivity index (χ0v) is 29.4. The molecule has 4 amide bonds. The minimum atomic E-state index is -0.746. The lowest BCUT2D eigenvalue weighted by Crippen LogP contribution is -2.45. The van der Waals surface area contributed by atoms with Gasteiger partial charge in [-0.3, -0.25) is 20.3 Å². The normalized spacial score (nSPS) is 16.4. The van der Waals surface area contributed by atoms with Gasteiger partial charge in [-0.15, -0.1) is 0 Å². The molecule has 12 heteroatoms. The van der Waals surface area contributed by atoms with E-state index >= 15 is 0 Å². The molecular weight excluding hydrogens is 636 g/mol. The number of nitrogens with two attached hydrogens (primary N) is 1. The Balaban J connectivity index is 1.45. The zero-order valence-electron chi connectivity index (χ0n) is 29.4. The molecule has 0 saturated heterocycles. The summed E-state index contributed by atoms with van der Waals surface area (Å²) in [5.74, 6) is -0.991.